The largest absolute Gasteiger partial charge is 0.396 e. The molecule has 1 saturated carbocycles. The molecule has 0 bridgehead atoms. The van der Waals surface area contributed by atoms with Crippen molar-refractivity contribution in [1.82, 2.24) is 0 Å². The van der Waals surface area contributed by atoms with E-state index < -0.39 is 11.7 Å². The van der Waals surface area contributed by atoms with Crippen LogP contribution in [-0.2, 0) is 0 Å². The fourth-order valence-corrected chi connectivity index (χ4v) is 4.20. The smallest absolute Gasteiger partial charge is 0.0661 e. The maximum absolute atomic E-state index is 10.4. The topological polar surface area (TPSA) is 80.9 Å². The Bertz CT molecular complexity index is 267. The highest BCUT2D eigenvalue weighted by Crippen LogP contribution is 2.59. The lowest BCUT2D eigenvalue weighted by atomic mass is 9.47. The zero-order chi connectivity index (χ0) is 14.0. The molecule has 18 heavy (non-hydrogen) atoms. The van der Waals surface area contributed by atoms with Crippen LogP contribution in [0, 0.1) is 17.3 Å². The first kappa shape index (κ1) is 15.9. The molecule has 2 unspecified atom stereocenters. The standard InChI is InChI=1S/C14H28O4/c1-10(11(17)5-8-16)12-13(2,6-4-7-15)9-14(12,3)18/h10-12,15-18H,4-9H2,1-3H3/t10-,11+,12-,13?,14?/m0/s1. The number of aliphatic hydroxyl groups excluding tert-OH is 3. The second kappa shape index (κ2) is 5.87. The van der Waals surface area contributed by atoms with Crippen LogP contribution in [0.1, 0.15) is 46.5 Å². The van der Waals surface area contributed by atoms with Gasteiger partial charge in [0, 0.05) is 13.2 Å². The SMILES string of the molecule is C[C@@H]([C@H](O)CCO)[C@@H]1C(C)(O)CC1(C)CCCO. The van der Waals surface area contributed by atoms with Crippen LogP contribution in [0.5, 0.6) is 0 Å². The van der Waals surface area contributed by atoms with Crippen molar-refractivity contribution in [3.63, 3.8) is 0 Å². The second-order valence-corrected chi connectivity index (χ2v) is 6.43. The molecule has 4 N–H and O–H groups in total. The van der Waals surface area contributed by atoms with Crippen molar-refractivity contribution in [3.8, 4) is 0 Å². The van der Waals surface area contributed by atoms with Gasteiger partial charge in [0.15, 0.2) is 0 Å². The minimum absolute atomic E-state index is 0.0121. The van der Waals surface area contributed by atoms with Gasteiger partial charge >= 0.3 is 0 Å². The Balaban J connectivity index is 2.73. The first-order valence-corrected chi connectivity index (χ1v) is 6.90. The van der Waals surface area contributed by atoms with Crippen molar-refractivity contribution in [3.05, 3.63) is 0 Å². The maximum Gasteiger partial charge on any atom is 0.0661 e. The first-order valence-electron chi connectivity index (χ1n) is 6.90. The normalized spacial score (nSPS) is 39.2. The van der Waals surface area contributed by atoms with Crippen LogP contribution >= 0.6 is 0 Å². The van der Waals surface area contributed by atoms with E-state index >= 15 is 0 Å². The van der Waals surface area contributed by atoms with E-state index in [9.17, 15) is 10.2 Å². The van der Waals surface area contributed by atoms with Crippen LogP contribution in [0.3, 0.4) is 0 Å². The van der Waals surface area contributed by atoms with Crippen molar-refractivity contribution >= 4 is 0 Å². The molecule has 4 nitrogen and oxygen atoms in total. The van der Waals surface area contributed by atoms with Crippen molar-refractivity contribution in [2.45, 2.75) is 58.2 Å². The highest BCUT2D eigenvalue weighted by molar-refractivity contribution is 5.09. The highest BCUT2D eigenvalue weighted by atomic mass is 16.3. The van der Waals surface area contributed by atoms with E-state index in [1.807, 2.05) is 13.8 Å². The summed E-state index contributed by atoms with van der Waals surface area (Å²) < 4.78 is 0. The molecule has 0 amide bonds. The van der Waals surface area contributed by atoms with Gasteiger partial charge in [-0.2, -0.15) is 0 Å². The van der Waals surface area contributed by atoms with Gasteiger partial charge in [-0.25, -0.2) is 0 Å². The van der Waals surface area contributed by atoms with Crippen molar-refractivity contribution < 1.29 is 20.4 Å². The monoisotopic (exact) mass is 260 g/mol. The van der Waals surface area contributed by atoms with Gasteiger partial charge in [-0.3, -0.25) is 0 Å². The van der Waals surface area contributed by atoms with Gasteiger partial charge in [0.05, 0.1) is 11.7 Å². The molecule has 0 aliphatic heterocycles. The Morgan fingerprint density at radius 3 is 2.28 bits per heavy atom. The zero-order valence-electron chi connectivity index (χ0n) is 11.8. The molecular formula is C14H28O4. The van der Waals surface area contributed by atoms with Crippen LogP contribution in [0.2, 0.25) is 0 Å². The van der Waals surface area contributed by atoms with Gasteiger partial charge in [0.25, 0.3) is 0 Å². The molecule has 4 heteroatoms. The van der Waals surface area contributed by atoms with Crippen molar-refractivity contribution in [2.75, 3.05) is 13.2 Å². The van der Waals surface area contributed by atoms with Gasteiger partial charge < -0.3 is 20.4 Å². The molecule has 0 saturated heterocycles. The Morgan fingerprint density at radius 2 is 1.83 bits per heavy atom. The third-order valence-electron chi connectivity index (χ3n) is 4.65. The predicted molar refractivity (Wildman–Crippen MR) is 70.0 cm³/mol. The zero-order valence-corrected chi connectivity index (χ0v) is 11.8. The summed E-state index contributed by atoms with van der Waals surface area (Å²) in [6, 6.07) is 0. The van der Waals surface area contributed by atoms with Crippen LogP contribution in [0.25, 0.3) is 0 Å². The molecule has 0 aromatic heterocycles. The molecule has 1 aliphatic rings. The van der Waals surface area contributed by atoms with Crippen LogP contribution in [0.15, 0.2) is 0 Å². The van der Waals surface area contributed by atoms with Crippen molar-refractivity contribution in [2.24, 2.45) is 17.3 Å². The summed E-state index contributed by atoms with van der Waals surface area (Å²) in [6.45, 7) is 6.01. The second-order valence-electron chi connectivity index (χ2n) is 6.43. The summed E-state index contributed by atoms with van der Waals surface area (Å²) >= 11 is 0. The van der Waals surface area contributed by atoms with E-state index in [1.54, 1.807) is 0 Å². The van der Waals surface area contributed by atoms with Gasteiger partial charge in [-0.1, -0.05) is 13.8 Å². The van der Waals surface area contributed by atoms with Gasteiger partial charge in [-0.15, -0.1) is 0 Å². The Labute approximate surface area is 110 Å². The Kier molecular flexibility index (Phi) is 5.18. The third kappa shape index (κ3) is 3.05. The Hall–Kier alpha value is -0.160. The van der Waals surface area contributed by atoms with E-state index in [0.29, 0.717) is 12.8 Å². The minimum atomic E-state index is -0.750. The highest BCUT2D eigenvalue weighted by Gasteiger charge is 2.59. The molecule has 1 aliphatic carbocycles. The van der Waals surface area contributed by atoms with E-state index in [2.05, 4.69) is 6.92 Å². The molecule has 0 aromatic rings. The predicted octanol–water partition coefficient (Wildman–Crippen LogP) is 0.915. The molecule has 0 heterocycles. The average Bonchev–Trinajstić information content (AvgIpc) is 2.25. The van der Waals surface area contributed by atoms with Gasteiger partial charge in [0.1, 0.15) is 0 Å². The lowest BCUT2D eigenvalue weighted by Crippen LogP contribution is -2.62. The minimum Gasteiger partial charge on any atom is -0.396 e. The third-order valence-corrected chi connectivity index (χ3v) is 4.65. The van der Waals surface area contributed by atoms with Crippen molar-refractivity contribution in [1.29, 1.82) is 0 Å². The maximum atomic E-state index is 10.4. The molecule has 1 fully saturated rings. The van der Waals surface area contributed by atoms with E-state index in [1.165, 1.54) is 0 Å². The molecule has 0 spiro atoms. The lowest BCUT2D eigenvalue weighted by molar-refractivity contribution is -0.213. The summed E-state index contributed by atoms with van der Waals surface area (Å²) in [5.41, 5.74) is -0.776. The fourth-order valence-electron chi connectivity index (χ4n) is 4.20. The average molecular weight is 260 g/mol. The fraction of sp³-hybridized carbons (Fsp3) is 1.00. The molecule has 0 aromatic carbocycles. The quantitative estimate of drug-likeness (QED) is 0.548. The summed E-state index contributed by atoms with van der Waals surface area (Å²) in [7, 11) is 0. The summed E-state index contributed by atoms with van der Waals surface area (Å²) in [5, 5.41) is 38.2. The number of hydrogen-bond acceptors (Lipinski definition) is 4. The van der Waals surface area contributed by atoms with Crippen LogP contribution in [-0.4, -0.2) is 45.3 Å². The molecule has 108 valence electrons. The number of hydrogen-bond donors (Lipinski definition) is 4. The number of aliphatic hydroxyl groups is 4. The number of rotatable bonds is 7. The van der Waals surface area contributed by atoms with E-state index in [0.717, 1.165) is 12.8 Å². The molecular weight excluding hydrogens is 232 g/mol. The Morgan fingerprint density at radius 1 is 1.22 bits per heavy atom. The molecule has 5 atom stereocenters. The molecule has 0 radical (unpaired) electrons. The van der Waals surface area contributed by atoms with E-state index in [-0.39, 0.29) is 30.5 Å². The van der Waals surface area contributed by atoms with Gasteiger partial charge in [0.2, 0.25) is 0 Å². The van der Waals surface area contributed by atoms with Crippen LogP contribution in [0.4, 0.5) is 0 Å². The van der Waals surface area contributed by atoms with E-state index in [4.69, 9.17) is 10.2 Å². The summed E-state index contributed by atoms with van der Waals surface area (Å²) in [6.07, 6.45) is 2.07. The first-order chi connectivity index (χ1) is 8.28. The van der Waals surface area contributed by atoms with Crippen LogP contribution < -0.4 is 0 Å². The van der Waals surface area contributed by atoms with Gasteiger partial charge in [-0.05, 0) is 49.9 Å². The summed E-state index contributed by atoms with van der Waals surface area (Å²) in [4.78, 5) is 0. The molecule has 1 rings (SSSR count). The lowest BCUT2D eigenvalue weighted by Gasteiger charge is -2.61. The summed E-state index contributed by atoms with van der Waals surface area (Å²) in [5.74, 6) is -0.0392.